The zero-order valence-electron chi connectivity index (χ0n) is 11.9. The standard InChI is InChI=1S/C16H14FN3O2/c1-2-22-16(21)14-11-18-20(13-7-5-12(17)6-8-13)15(14)19-9-3-4-10-19/h3-11H,2H2,1H3. The van der Waals surface area contributed by atoms with E-state index in [2.05, 4.69) is 5.10 Å². The van der Waals surface area contributed by atoms with Crippen LogP contribution in [0.5, 0.6) is 0 Å². The highest BCUT2D eigenvalue weighted by atomic mass is 19.1. The van der Waals surface area contributed by atoms with Crippen molar-refractivity contribution in [2.45, 2.75) is 6.92 Å². The zero-order chi connectivity index (χ0) is 15.5. The lowest BCUT2D eigenvalue weighted by molar-refractivity contribution is 0.0526. The summed E-state index contributed by atoms with van der Waals surface area (Å²) in [5.74, 6) is -0.223. The van der Waals surface area contributed by atoms with Gasteiger partial charge in [-0.2, -0.15) is 5.10 Å². The molecule has 2 aromatic heterocycles. The molecule has 0 unspecified atom stereocenters. The summed E-state index contributed by atoms with van der Waals surface area (Å²) in [6, 6.07) is 9.59. The lowest BCUT2D eigenvalue weighted by Gasteiger charge is -2.10. The van der Waals surface area contributed by atoms with Gasteiger partial charge in [0.15, 0.2) is 5.82 Å². The predicted octanol–water partition coefficient (Wildman–Crippen LogP) is 2.98. The van der Waals surface area contributed by atoms with Gasteiger partial charge in [-0.05, 0) is 43.3 Å². The summed E-state index contributed by atoms with van der Waals surface area (Å²) in [6.07, 6.45) is 5.07. The number of rotatable bonds is 4. The molecule has 0 aliphatic rings. The van der Waals surface area contributed by atoms with E-state index in [9.17, 15) is 9.18 Å². The summed E-state index contributed by atoms with van der Waals surface area (Å²) >= 11 is 0. The number of ether oxygens (including phenoxy) is 1. The van der Waals surface area contributed by atoms with E-state index in [0.29, 0.717) is 17.1 Å². The summed E-state index contributed by atoms with van der Waals surface area (Å²) in [6.45, 7) is 2.03. The van der Waals surface area contributed by atoms with Gasteiger partial charge in [0, 0.05) is 12.4 Å². The van der Waals surface area contributed by atoms with Crippen LogP contribution in [0, 0.1) is 5.82 Å². The second-order valence-corrected chi connectivity index (χ2v) is 4.58. The van der Waals surface area contributed by atoms with E-state index in [-0.39, 0.29) is 12.4 Å². The second kappa shape index (κ2) is 5.85. The Morgan fingerprint density at radius 1 is 1.23 bits per heavy atom. The van der Waals surface area contributed by atoms with Crippen molar-refractivity contribution < 1.29 is 13.9 Å². The quantitative estimate of drug-likeness (QED) is 0.696. The van der Waals surface area contributed by atoms with E-state index < -0.39 is 5.97 Å². The first-order valence-electron chi connectivity index (χ1n) is 6.85. The number of hydrogen-bond donors (Lipinski definition) is 0. The highest BCUT2D eigenvalue weighted by molar-refractivity contribution is 5.93. The third-order valence-electron chi connectivity index (χ3n) is 3.16. The van der Waals surface area contributed by atoms with Crippen LogP contribution in [-0.2, 0) is 4.74 Å². The van der Waals surface area contributed by atoms with Crippen molar-refractivity contribution >= 4 is 5.97 Å². The molecule has 0 bridgehead atoms. The molecule has 0 aliphatic carbocycles. The molecule has 0 amide bonds. The monoisotopic (exact) mass is 299 g/mol. The average molecular weight is 299 g/mol. The van der Waals surface area contributed by atoms with E-state index in [1.807, 2.05) is 12.1 Å². The highest BCUT2D eigenvalue weighted by Crippen LogP contribution is 2.20. The van der Waals surface area contributed by atoms with Crippen LogP contribution in [-0.4, -0.2) is 26.9 Å². The predicted molar refractivity (Wildman–Crippen MR) is 78.8 cm³/mol. The summed E-state index contributed by atoms with van der Waals surface area (Å²) in [4.78, 5) is 12.1. The van der Waals surface area contributed by atoms with E-state index in [4.69, 9.17) is 4.74 Å². The Hall–Kier alpha value is -2.89. The Labute approximate surface area is 126 Å². The maximum absolute atomic E-state index is 13.1. The molecule has 3 aromatic rings. The van der Waals surface area contributed by atoms with Crippen LogP contribution in [0.3, 0.4) is 0 Å². The minimum absolute atomic E-state index is 0.283. The first-order valence-corrected chi connectivity index (χ1v) is 6.85. The molecular weight excluding hydrogens is 285 g/mol. The van der Waals surface area contributed by atoms with Crippen molar-refractivity contribution in [1.29, 1.82) is 0 Å². The normalized spacial score (nSPS) is 10.6. The number of hydrogen-bond acceptors (Lipinski definition) is 3. The zero-order valence-corrected chi connectivity index (χ0v) is 11.9. The smallest absolute Gasteiger partial charge is 0.343 e. The van der Waals surface area contributed by atoms with Gasteiger partial charge in [0.05, 0.1) is 18.5 Å². The molecule has 22 heavy (non-hydrogen) atoms. The van der Waals surface area contributed by atoms with Crippen LogP contribution >= 0.6 is 0 Å². The Bertz CT molecular complexity index is 776. The lowest BCUT2D eigenvalue weighted by Crippen LogP contribution is -2.11. The molecule has 0 saturated carbocycles. The van der Waals surface area contributed by atoms with Crippen LogP contribution in [0.2, 0.25) is 0 Å². The molecule has 0 N–H and O–H groups in total. The summed E-state index contributed by atoms with van der Waals surface area (Å²) in [5.41, 5.74) is 1.00. The topological polar surface area (TPSA) is 49.0 Å². The molecule has 112 valence electrons. The van der Waals surface area contributed by atoms with Crippen LogP contribution < -0.4 is 0 Å². The maximum atomic E-state index is 13.1. The number of carbonyl (C=O) groups excluding carboxylic acids is 1. The van der Waals surface area contributed by atoms with E-state index in [1.165, 1.54) is 18.3 Å². The minimum atomic E-state index is -0.445. The van der Waals surface area contributed by atoms with E-state index in [1.54, 1.807) is 40.7 Å². The molecule has 5 nitrogen and oxygen atoms in total. The Kier molecular flexibility index (Phi) is 3.74. The molecule has 0 fully saturated rings. The first-order chi connectivity index (χ1) is 10.7. The SMILES string of the molecule is CCOC(=O)c1cnn(-c2ccc(F)cc2)c1-n1cccc1. The summed E-state index contributed by atoms with van der Waals surface area (Å²) in [7, 11) is 0. The van der Waals surface area contributed by atoms with Gasteiger partial charge in [-0.25, -0.2) is 13.9 Å². The number of halogens is 1. The van der Waals surface area contributed by atoms with Crippen LogP contribution in [0.4, 0.5) is 4.39 Å². The second-order valence-electron chi connectivity index (χ2n) is 4.58. The molecule has 0 aliphatic heterocycles. The molecule has 0 spiro atoms. The molecule has 0 saturated heterocycles. The van der Waals surface area contributed by atoms with Gasteiger partial charge in [-0.15, -0.1) is 0 Å². The van der Waals surface area contributed by atoms with Crippen LogP contribution in [0.15, 0.2) is 55.0 Å². The Morgan fingerprint density at radius 2 is 1.91 bits per heavy atom. The van der Waals surface area contributed by atoms with Crippen LogP contribution in [0.1, 0.15) is 17.3 Å². The molecule has 0 atom stereocenters. The van der Waals surface area contributed by atoms with Gasteiger partial charge in [-0.3, -0.25) is 0 Å². The van der Waals surface area contributed by atoms with E-state index >= 15 is 0 Å². The number of benzene rings is 1. The lowest BCUT2D eigenvalue weighted by atomic mass is 10.3. The third-order valence-corrected chi connectivity index (χ3v) is 3.16. The van der Waals surface area contributed by atoms with Gasteiger partial charge in [-0.1, -0.05) is 0 Å². The van der Waals surface area contributed by atoms with Crippen LogP contribution in [0.25, 0.3) is 11.5 Å². The largest absolute Gasteiger partial charge is 0.462 e. The number of esters is 1. The fraction of sp³-hybridized carbons (Fsp3) is 0.125. The maximum Gasteiger partial charge on any atom is 0.343 e. The van der Waals surface area contributed by atoms with Crippen molar-refractivity contribution in [2.75, 3.05) is 6.61 Å². The molecule has 1 aromatic carbocycles. The van der Waals surface area contributed by atoms with Gasteiger partial charge in [0.25, 0.3) is 0 Å². The molecule has 0 radical (unpaired) electrons. The fourth-order valence-corrected chi connectivity index (χ4v) is 2.19. The molecule has 2 heterocycles. The van der Waals surface area contributed by atoms with Gasteiger partial charge in [0.1, 0.15) is 11.4 Å². The Balaban J connectivity index is 2.15. The third kappa shape index (κ3) is 2.50. The number of nitrogens with zero attached hydrogens (tertiary/aromatic N) is 3. The fourth-order valence-electron chi connectivity index (χ4n) is 2.19. The number of carbonyl (C=O) groups is 1. The molecule has 3 rings (SSSR count). The van der Waals surface area contributed by atoms with Gasteiger partial charge < -0.3 is 9.30 Å². The average Bonchev–Trinajstić information content (AvgIpc) is 3.17. The first kappa shape index (κ1) is 14.1. The summed E-state index contributed by atoms with van der Waals surface area (Å²) < 4.78 is 21.5. The van der Waals surface area contributed by atoms with E-state index in [0.717, 1.165) is 0 Å². The molecule has 6 heteroatoms. The highest BCUT2D eigenvalue weighted by Gasteiger charge is 2.20. The minimum Gasteiger partial charge on any atom is -0.462 e. The van der Waals surface area contributed by atoms with Crippen molar-refractivity contribution in [2.24, 2.45) is 0 Å². The van der Waals surface area contributed by atoms with Crippen molar-refractivity contribution in [1.82, 2.24) is 14.3 Å². The Morgan fingerprint density at radius 3 is 2.55 bits per heavy atom. The van der Waals surface area contributed by atoms with Crippen molar-refractivity contribution in [3.8, 4) is 11.5 Å². The van der Waals surface area contributed by atoms with Gasteiger partial charge >= 0.3 is 5.97 Å². The van der Waals surface area contributed by atoms with Crippen molar-refractivity contribution in [3.05, 3.63) is 66.4 Å². The molecular formula is C16H14FN3O2. The number of aromatic nitrogens is 3. The van der Waals surface area contributed by atoms with Crippen molar-refractivity contribution in [3.63, 3.8) is 0 Å². The summed E-state index contributed by atoms with van der Waals surface area (Å²) in [5, 5.41) is 4.25. The van der Waals surface area contributed by atoms with Gasteiger partial charge in [0.2, 0.25) is 0 Å².